The van der Waals surface area contributed by atoms with Crippen LogP contribution in [0.3, 0.4) is 0 Å². The lowest BCUT2D eigenvalue weighted by atomic mass is 10.0. The van der Waals surface area contributed by atoms with E-state index >= 15 is 0 Å². The number of ether oxygens (including phenoxy) is 1. The van der Waals surface area contributed by atoms with Gasteiger partial charge < -0.3 is 10.1 Å². The van der Waals surface area contributed by atoms with Crippen LogP contribution in [0.15, 0.2) is 18.2 Å². The van der Waals surface area contributed by atoms with Crippen LogP contribution in [-0.2, 0) is 23.7 Å². The van der Waals surface area contributed by atoms with Gasteiger partial charge in [0.2, 0.25) is 0 Å². The van der Waals surface area contributed by atoms with E-state index in [1.165, 1.54) is 0 Å². The fourth-order valence-corrected chi connectivity index (χ4v) is 1.73. The topological polar surface area (TPSA) is 21.3 Å². The molecule has 0 aliphatic carbocycles. The Kier molecular flexibility index (Phi) is 3.97. The largest absolute Gasteiger partial charge is 0.416 e. The van der Waals surface area contributed by atoms with E-state index in [2.05, 4.69) is 5.32 Å². The van der Waals surface area contributed by atoms with Gasteiger partial charge in [0.25, 0.3) is 0 Å². The van der Waals surface area contributed by atoms with Crippen LogP contribution in [-0.4, -0.2) is 19.2 Å². The Hall–Kier alpha value is -1.28. The summed E-state index contributed by atoms with van der Waals surface area (Å²) in [7, 11) is 0. The summed E-state index contributed by atoms with van der Waals surface area (Å²) in [4.78, 5) is 0. The van der Waals surface area contributed by atoms with E-state index in [0.29, 0.717) is 19.2 Å². The number of rotatable bonds is 3. The Labute approximate surface area is 110 Å². The van der Waals surface area contributed by atoms with Crippen molar-refractivity contribution in [2.75, 3.05) is 13.1 Å². The molecule has 1 saturated heterocycles. The van der Waals surface area contributed by atoms with Gasteiger partial charge in [0.15, 0.2) is 0 Å². The predicted octanol–water partition coefficient (Wildman–Crippen LogP) is 3.21. The van der Waals surface area contributed by atoms with E-state index in [1.54, 1.807) is 0 Å². The van der Waals surface area contributed by atoms with Crippen molar-refractivity contribution in [3.63, 3.8) is 0 Å². The zero-order valence-corrected chi connectivity index (χ0v) is 10.1. The highest BCUT2D eigenvalue weighted by molar-refractivity contribution is 5.35. The minimum Gasteiger partial charge on any atom is -0.371 e. The highest BCUT2D eigenvalue weighted by atomic mass is 19.4. The standard InChI is InChI=1S/C12H11F6NO/c13-11(14,15)8-2-1-7(6-20-9-4-19-5-9)10(3-8)12(16,17)18/h1-3,9,19H,4-6H2. The normalized spacial score (nSPS) is 17.1. The van der Waals surface area contributed by atoms with Crippen LogP contribution in [0.2, 0.25) is 0 Å². The monoisotopic (exact) mass is 299 g/mol. The van der Waals surface area contributed by atoms with Crippen molar-refractivity contribution in [2.45, 2.75) is 25.1 Å². The Morgan fingerprint density at radius 3 is 2.15 bits per heavy atom. The molecule has 0 spiro atoms. The van der Waals surface area contributed by atoms with E-state index < -0.39 is 23.5 Å². The first-order chi connectivity index (χ1) is 9.18. The molecule has 20 heavy (non-hydrogen) atoms. The molecule has 1 aliphatic heterocycles. The fraction of sp³-hybridized carbons (Fsp3) is 0.500. The van der Waals surface area contributed by atoms with Gasteiger partial charge in [-0.15, -0.1) is 0 Å². The van der Waals surface area contributed by atoms with Gasteiger partial charge in [-0.25, -0.2) is 0 Å². The molecule has 1 aromatic rings. The third kappa shape index (κ3) is 3.43. The summed E-state index contributed by atoms with van der Waals surface area (Å²) in [6.45, 7) is 0.698. The lowest BCUT2D eigenvalue weighted by molar-refractivity contribution is -0.144. The average molecular weight is 299 g/mol. The van der Waals surface area contributed by atoms with Crippen LogP contribution < -0.4 is 5.32 Å². The van der Waals surface area contributed by atoms with E-state index in [0.717, 1.165) is 6.07 Å². The van der Waals surface area contributed by atoms with Crippen molar-refractivity contribution >= 4 is 0 Å². The molecule has 0 amide bonds. The lowest BCUT2D eigenvalue weighted by Gasteiger charge is -2.27. The van der Waals surface area contributed by atoms with Gasteiger partial charge >= 0.3 is 12.4 Å². The quantitative estimate of drug-likeness (QED) is 0.865. The van der Waals surface area contributed by atoms with E-state index in [9.17, 15) is 26.3 Å². The molecule has 1 N–H and O–H groups in total. The summed E-state index contributed by atoms with van der Waals surface area (Å²) in [6, 6.07) is 1.57. The zero-order valence-electron chi connectivity index (χ0n) is 10.1. The second kappa shape index (κ2) is 5.25. The van der Waals surface area contributed by atoms with Crippen molar-refractivity contribution in [2.24, 2.45) is 0 Å². The summed E-state index contributed by atoms with van der Waals surface area (Å²) in [5.41, 5.74) is -2.92. The number of benzene rings is 1. The lowest BCUT2D eigenvalue weighted by Crippen LogP contribution is -2.48. The Bertz CT molecular complexity index is 478. The van der Waals surface area contributed by atoms with Crippen LogP contribution in [0.25, 0.3) is 0 Å². The first-order valence-corrected chi connectivity index (χ1v) is 5.77. The molecule has 0 aromatic heterocycles. The molecule has 1 heterocycles. The molecular formula is C12H11F6NO. The van der Waals surface area contributed by atoms with Crippen LogP contribution >= 0.6 is 0 Å². The predicted molar refractivity (Wildman–Crippen MR) is 57.9 cm³/mol. The molecule has 8 heteroatoms. The van der Waals surface area contributed by atoms with Crippen molar-refractivity contribution < 1.29 is 31.1 Å². The number of alkyl halides is 6. The summed E-state index contributed by atoms with van der Waals surface area (Å²) in [5, 5.41) is 2.88. The summed E-state index contributed by atoms with van der Waals surface area (Å²) in [6.07, 6.45) is -9.85. The first-order valence-electron chi connectivity index (χ1n) is 5.77. The number of halogens is 6. The maximum atomic E-state index is 12.8. The maximum Gasteiger partial charge on any atom is 0.416 e. The Morgan fingerprint density at radius 2 is 1.70 bits per heavy atom. The van der Waals surface area contributed by atoms with Gasteiger partial charge in [0, 0.05) is 13.1 Å². The van der Waals surface area contributed by atoms with E-state index in [-0.39, 0.29) is 24.3 Å². The minimum absolute atomic E-state index is 0.123. The number of hydrogen-bond acceptors (Lipinski definition) is 2. The number of nitrogens with one attached hydrogen (secondary N) is 1. The first kappa shape index (κ1) is 15.1. The average Bonchev–Trinajstić information content (AvgIpc) is 2.24. The molecule has 1 aromatic carbocycles. The number of hydrogen-bond donors (Lipinski definition) is 1. The molecule has 0 unspecified atom stereocenters. The van der Waals surface area contributed by atoms with Gasteiger partial charge in [0.1, 0.15) is 0 Å². The van der Waals surface area contributed by atoms with Gasteiger partial charge in [-0.1, -0.05) is 6.07 Å². The second-order valence-electron chi connectivity index (χ2n) is 4.46. The third-order valence-electron chi connectivity index (χ3n) is 2.96. The van der Waals surface area contributed by atoms with E-state index in [1.807, 2.05) is 0 Å². The summed E-state index contributed by atoms with van der Waals surface area (Å²) in [5.74, 6) is 0. The SMILES string of the molecule is FC(F)(F)c1ccc(COC2CNC2)c(C(F)(F)F)c1. The molecule has 1 fully saturated rings. The Morgan fingerprint density at radius 1 is 1.05 bits per heavy atom. The van der Waals surface area contributed by atoms with Crippen LogP contribution in [0.4, 0.5) is 26.3 Å². The van der Waals surface area contributed by atoms with Crippen LogP contribution in [0.5, 0.6) is 0 Å². The molecule has 0 radical (unpaired) electrons. The van der Waals surface area contributed by atoms with Crippen molar-refractivity contribution in [1.82, 2.24) is 5.32 Å². The Balaban J connectivity index is 2.25. The molecule has 0 saturated carbocycles. The van der Waals surface area contributed by atoms with E-state index in [4.69, 9.17) is 4.74 Å². The molecular weight excluding hydrogens is 288 g/mol. The third-order valence-corrected chi connectivity index (χ3v) is 2.96. The van der Waals surface area contributed by atoms with Gasteiger partial charge in [-0.2, -0.15) is 26.3 Å². The minimum atomic E-state index is -4.85. The fourth-order valence-electron chi connectivity index (χ4n) is 1.73. The van der Waals surface area contributed by atoms with Gasteiger partial charge in [-0.3, -0.25) is 0 Å². The molecule has 2 nitrogen and oxygen atoms in total. The zero-order chi connectivity index (χ0) is 15.0. The van der Waals surface area contributed by atoms with Crippen molar-refractivity contribution in [3.05, 3.63) is 34.9 Å². The van der Waals surface area contributed by atoms with Crippen LogP contribution in [0.1, 0.15) is 16.7 Å². The highest BCUT2D eigenvalue weighted by Gasteiger charge is 2.38. The van der Waals surface area contributed by atoms with Crippen LogP contribution in [0, 0.1) is 0 Å². The smallest absolute Gasteiger partial charge is 0.371 e. The molecule has 2 rings (SSSR count). The molecule has 1 aliphatic rings. The van der Waals surface area contributed by atoms with Crippen molar-refractivity contribution in [1.29, 1.82) is 0 Å². The van der Waals surface area contributed by atoms with Gasteiger partial charge in [-0.05, 0) is 17.7 Å². The van der Waals surface area contributed by atoms with Gasteiger partial charge in [0.05, 0.1) is 23.8 Å². The molecule has 0 bridgehead atoms. The summed E-state index contributed by atoms with van der Waals surface area (Å²) >= 11 is 0. The summed E-state index contributed by atoms with van der Waals surface area (Å²) < 4.78 is 81.0. The molecule has 112 valence electrons. The maximum absolute atomic E-state index is 12.8. The molecule has 0 atom stereocenters. The van der Waals surface area contributed by atoms with Crippen molar-refractivity contribution in [3.8, 4) is 0 Å². The second-order valence-corrected chi connectivity index (χ2v) is 4.46. The highest BCUT2D eigenvalue weighted by Crippen LogP contribution is 2.37.